The summed E-state index contributed by atoms with van der Waals surface area (Å²) < 4.78 is 71.4. The Labute approximate surface area is 227 Å². The Hall–Kier alpha value is -3.74. The number of amides is 1. The molecule has 3 aromatic carbocycles. The average Bonchev–Trinajstić information content (AvgIpc) is 2.94. The molecule has 208 valence electrons. The largest absolute Gasteiger partial charge is 0.460 e. The minimum atomic E-state index is -5.68. The van der Waals surface area contributed by atoms with Gasteiger partial charge in [-0.05, 0) is 53.6 Å². The van der Waals surface area contributed by atoms with Crippen molar-refractivity contribution >= 4 is 32.5 Å². The van der Waals surface area contributed by atoms with Crippen LogP contribution in [0.5, 0.6) is 0 Å². The van der Waals surface area contributed by atoms with Gasteiger partial charge in [0, 0.05) is 20.3 Å². The van der Waals surface area contributed by atoms with Gasteiger partial charge in [0.15, 0.2) is 6.61 Å². The van der Waals surface area contributed by atoms with E-state index in [2.05, 4.69) is 16.6 Å². The van der Waals surface area contributed by atoms with Gasteiger partial charge in [-0.1, -0.05) is 61.2 Å². The lowest BCUT2D eigenvalue weighted by molar-refractivity contribution is -0.138. The van der Waals surface area contributed by atoms with E-state index in [1.54, 1.807) is 91.0 Å². The molecule has 0 aliphatic rings. The maximum atomic E-state index is 15.1. The molecule has 3 aromatic rings. The lowest BCUT2D eigenvalue weighted by Crippen LogP contribution is -2.39. The van der Waals surface area contributed by atoms with Crippen molar-refractivity contribution in [2.24, 2.45) is 0 Å². The summed E-state index contributed by atoms with van der Waals surface area (Å²) in [5.74, 6) is -0.693. The first-order valence-electron chi connectivity index (χ1n) is 11.5. The lowest BCUT2D eigenvalue weighted by atomic mass is 10.4. The summed E-state index contributed by atoms with van der Waals surface area (Å²) in [6.45, 7) is 2.50. The van der Waals surface area contributed by atoms with Crippen LogP contribution in [0.25, 0.3) is 0 Å². The number of halogens is 2. The third-order valence-electron chi connectivity index (χ3n) is 5.11. The third-order valence-corrected chi connectivity index (χ3v) is 10.3. The Balaban J connectivity index is 1.87. The smallest absolute Gasteiger partial charge is 0.407 e. The number of alkyl carbamates (subject to hydrolysis) is 1. The molecule has 8 nitrogen and oxygen atoms in total. The van der Waals surface area contributed by atoms with E-state index in [9.17, 15) is 18.0 Å². The molecular formula is C27H27F2NO7S2. The van der Waals surface area contributed by atoms with Crippen LogP contribution in [0.3, 0.4) is 0 Å². The summed E-state index contributed by atoms with van der Waals surface area (Å²) in [7, 11) is -8.91. The van der Waals surface area contributed by atoms with E-state index in [-0.39, 0.29) is 18.7 Å². The van der Waals surface area contributed by atoms with Crippen LogP contribution < -0.4 is 5.32 Å². The second-order valence-electron chi connectivity index (χ2n) is 8.07. The minimum Gasteiger partial charge on any atom is -0.460 e. The van der Waals surface area contributed by atoms with Gasteiger partial charge in [0.2, 0.25) is 0 Å². The van der Waals surface area contributed by atoms with Crippen LogP contribution in [-0.2, 0) is 28.0 Å². The average molecular weight is 580 g/mol. The SMILES string of the molecule is C=C(C)C(=O)OCCNC(=O)OCC(F)(F)S(=O)(=O)OS(c1ccccc1)(c1ccccc1)c1ccccc1. The summed E-state index contributed by atoms with van der Waals surface area (Å²) >= 11 is 0. The van der Waals surface area contributed by atoms with Crippen molar-refractivity contribution in [3.05, 3.63) is 103 Å². The number of carbonyl (C=O) groups is 2. The number of ether oxygens (including phenoxy) is 2. The zero-order valence-corrected chi connectivity index (χ0v) is 22.6. The van der Waals surface area contributed by atoms with Gasteiger partial charge in [0.05, 0.1) is 6.54 Å². The molecule has 1 N–H and O–H groups in total. The van der Waals surface area contributed by atoms with Gasteiger partial charge in [-0.15, -0.1) is 0 Å². The van der Waals surface area contributed by atoms with Gasteiger partial charge in [-0.3, -0.25) is 0 Å². The van der Waals surface area contributed by atoms with Crippen LogP contribution in [0.15, 0.2) is 118 Å². The monoisotopic (exact) mass is 579 g/mol. The molecule has 12 heteroatoms. The van der Waals surface area contributed by atoms with Crippen LogP contribution in [0.1, 0.15) is 6.92 Å². The van der Waals surface area contributed by atoms with E-state index < -0.39 is 44.4 Å². The predicted octanol–water partition coefficient (Wildman–Crippen LogP) is 5.67. The number of hydrogen-bond donors (Lipinski definition) is 1. The van der Waals surface area contributed by atoms with E-state index in [0.717, 1.165) is 0 Å². The summed E-state index contributed by atoms with van der Waals surface area (Å²) in [5, 5.41) is -2.51. The molecule has 1 amide bonds. The molecule has 3 rings (SSSR count). The fourth-order valence-electron chi connectivity index (χ4n) is 3.24. The van der Waals surface area contributed by atoms with Crippen molar-refractivity contribution in [3.63, 3.8) is 0 Å². The molecule has 0 heterocycles. The highest BCUT2D eigenvalue weighted by Crippen LogP contribution is 2.70. The van der Waals surface area contributed by atoms with Gasteiger partial charge < -0.3 is 14.8 Å². The van der Waals surface area contributed by atoms with Gasteiger partial charge in [0.25, 0.3) is 0 Å². The number of alkyl halides is 2. The maximum absolute atomic E-state index is 15.1. The number of benzene rings is 3. The first-order valence-corrected chi connectivity index (χ1v) is 14.5. The summed E-state index contributed by atoms with van der Waals surface area (Å²) in [4.78, 5) is 24.3. The predicted molar refractivity (Wildman–Crippen MR) is 142 cm³/mol. The van der Waals surface area contributed by atoms with Crippen LogP contribution in [0, 0.1) is 0 Å². The number of nitrogens with one attached hydrogen (secondary N) is 1. The van der Waals surface area contributed by atoms with E-state index in [1.807, 2.05) is 0 Å². The molecule has 0 atom stereocenters. The summed E-state index contributed by atoms with van der Waals surface area (Å²) in [6.07, 6.45) is -1.33. The molecular weight excluding hydrogens is 552 g/mol. The van der Waals surface area contributed by atoms with Crippen molar-refractivity contribution < 1.29 is 39.9 Å². The Morgan fingerprint density at radius 3 is 1.67 bits per heavy atom. The fraction of sp³-hybridized carbons (Fsp3) is 0.185. The number of carbonyl (C=O) groups excluding carboxylic acids is 2. The zero-order chi connectivity index (χ0) is 28.5. The van der Waals surface area contributed by atoms with Gasteiger partial charge >= 0.3 is 27.4 Å². The third kappa shape index (κ3) is 7.22. The Kier molecular flexibility index (Phi) is 9.84. The molecule has 0 radical (unpaired) electrons. The molecule has 0 fully saturated rings. The second-order valence-corrected chi connectivity index (χ2v) is 12.7. The molecule has 0 spiro atoms. The molecule has 0 bridgehead atoms. The standard InChI is InChI=1S/C27H27F2NO7S2/c1-21(2)25(31)35-19-18-30-26(32)36-20-27(28,29)39(33,34)37-38(22-12-6-3-7-13-22,23-14-8-4-9-15-23)24-16-10-5-11-17-24/h3-17H,1,18-20H2,2H3,(H,30,32). The summed E-state index contributed by atoms with van der Waals surface area (Å²) in [5.41, 5.74) is 0.141. The Bertz CT molecular complexity index is 1290. The van der Waals surface area contributed by atoms with Crippen LogP contribution in [0.4, 0.5) is 13.6 Å². The lowest BCUT2D eigenvalue weighted by Gasteiger charge is -2.40. The number of rotatable bonds is 12. The zero-order valence-electron chi connectivity index (χ0n) is 20.9. The highest BCUT2D eigenvalue weighted by Gasteiger charge is 2.52. The number of esters is 1. The fourth-order valence-corrected chi connectivity index (χ4v) is 8.30. The van der Waals surface area contributed by atoms with E-state index in [4.69, 9.17) is 8.37 Å². The van der Waals surface area contributed by atoms with Crippen molar-refractivity contribution in [2.45, 2.75) is 26.9 Å². The van der Waals surface area contributed by atoms with Gasteiger partial charge in [0.1, 0.15) is 6.61 Å². The molecule has 0 saturated carbocycles. The van der Waals surface area contributed by atoms with Gasteiger partial charge in [-0.25, -0.2) is 13.2 Å². The molecule has 0 saturated heterocycles. The maximum Gasteiger partial charge on any atom is 0.407 e. The molecule has 0 unspecified atom stereocenters. The molecule has 39 heavy (non-hydrogen) atoms. The molecule has 0 aromatic heterocycles. The minimum absolute atomic E-state index is 0.141. The van der Waals surface area contributed by atoms with Crippen molar-refractivity contribution in [1.29, 1.82) is 0 Å². The van der Waals surface area contributed by atoms with Gasteiger partial charge in [-0.2, -0.15) is 17.2 Å². The van der Waals surface area contributed by atoms with Crippen molar-refractivity contribution in [3.8, 4) is 0 Å². The summed E-state index contributed by atoms with van der Waals surface area (Å²) in [6, 6.07) is 24.7. The molecule has 0 aliphatic heterocycles. The topological polar surface area (TPSA) is 108 Å². The molecule has 0 aliphatic carbocycles. The van der Waals surface area contributed by atoms with Crippen molar-refractivity contribution in [1.82, 2.24) is 5.32 Å². The highest BCUT2D eigenvalue weighted by atomic mass is 32.3. The van der Waals surface area contributed by atoms with Crippen LogP contribution >= 0.6 is 10.3 Å². The Morgan fingerprint density at radius 1 is 0.821 bits per heavy atom. The van der Waals surface area contributed by atoms with E-state index in [0.29, 0.717) is 14.7 Å². The highest BCUT2D eigenvalue weighted by molar-refractivity contribution is 8.33. The van der Waals surface area contributed by atoms with E-state index >= 15 is 8.78 Å². The quantitative estimate of drug-likeness (QED) is 0.167. The first-order chi connectivity index (χ1) is 18.5. The number of hydrogen-bond acceptors (Lipinski definition) is 7. The van der Waals surface area contributed by atoms with Crippen LogP contribution in [0.2, 0.25) is 0 Å². The van der Waals surface area contributed by atoms with Crippen molar-refractivity contribution in [2.75, 3.05) is 19.8 Å². The second kappa shape index (κ2) is 12.9. The normalized spacial score (nSPS) is 12.3. The van der Waals surface area contributed by atoms with Crippen LogP contribution in [-0.4, -0.2) is 45.5 Å². The first kappa shape index (κ1) is 29.8. The Morgan fingerprint density at radius 2 is 1.26 bits per heavy atom. The van der Waals surface area contributed by atoms with E-state index in [1.165, 1.54) is 6.92 Å².